The SMILES string of the molecule is CCc1cccc(C(=O)c2ccc([Si](C)(C)C)cc2)c1. The lowest BCUT2D eigenvalue weighted by molar-refractivity contribution is 0.103. The second-order valence-electron chi connectivity index (χ2n) is 6.21. The number of ketones is 1. The van der Waals surface area contributed by atoms with Crippen molar-refractivity contribution in [2.24, 2.45) is 0 Å². The summed E-state index contributed by atoms with van der Waals surface area (Å²) in [6.07, 6.45) is 0.954. The van der Waals surface area contributed by atoms with E-state index in [9.17, 15) is 4.79 Å². The molecule has 1 nitrogen and oxygen atoms in total. The van der Waals surface area contributed by atoms with Crippen LogP contribution in [-0.4, -0.2) is 13.9 Å². The molecule has 0 aliphatic carbocycles. The van der Waals surface area contributed by atoms with E-state index in [0.29, 0.717) is 0 Å². The Morgan fingerprint density at radius 3 is 2.15 bits per heavy atom. The Kier molecular flexibility index (Phi) is 4.24. The molecule has 0 aliphatic heterocycles. The van der Waals surface area contributed by atoms with Crippen LogP contribution in [0.4, 0.5) is 0 Å². The molecule has 0 saturated heterocycles. The van der Waals surface area contributed by atoms with Crippen LogP contribution in [0.1, 0.15) is 28.4 Å². The summed E-state index contributed by atoms with van der Waals surface area (Å²) in [4.78, 5) is 12.5. The van der Waals surface area contributed by atoms with Gasteiger partial charge < -0.3 is 0 Å². The number of rotatable bonds is 4. The molecule has 2 aromatic carbocycles. The average Bonchev–Trinajstić information content (AvgIpc) is 2.46. The molecule has 0 saturated carbocycles. The molecule has 2 aromatic rings. The minimum absolute atomic E-state index is 0.113. The lowest BCUT2D eigenvalue weighted by Gasteiger charge is -2.16. The Balaban J connectivity index is 2.29. The Morgan fingerprint density at radius 1 is 0.950 bits per heavy atom. The quantitative estimate of drug-likeness (QED) is 0.611. The smallest absolute Gasteiger partial charge is 0.193 e. The highest BCUT2D eigenvalue weighted by Crippen LogP contribution is 2.13. The molecule has 2 rings (SSSR count). The third kappa shape index (κ3) is 3.25. The van der Waals surface area contributed by atoms with E-state index in [4.69, 9.17) is 0 Å². The van der Waals surface area contributed by atoms with E-state index in [-0.39, 0.29) is 5.78 Å². The van der Waals surface area contributed by atoms with Gasteiger partial charge in [0.2, 0.25) is 0 Å². The van der Waals surface area contributed by atoms with E-state index in [0.717, 1.165) is 17.5 Å². The maximum absolute atomic E-state index is 12.5. The molecule has 0 spiro atoms. The summed E-state index contributed by atoms with van der Waals surface area (Å²) in [6, 6.07) is 16.1. The third-order valence-corrected chi connectivity index (χ3v) is 5.68. The summed E-state index contributed by atoms with van der Waals surface area (Å²) < 4.78 is 0. The van der Waals surface area contributed by atoms with Gasteiger partial charge >= 0.3 is 0 Å². The number of carbonyl (C=O) groups excluding carboxylic acids is 1. The molecule has 0 unspecified atom stereocenters. The fourth-order valence-corrected chi connectivity index (χ4v) is 3.39. The minimum atomic E-state index is -1.30. The Labute approximate surface area is 122 Å². The van der Waals surface area contributed by atoms with E-state index < -0.39 is 8.07 Å². The van der Waals surface area contributed by atoms with Crippen LogP contribution in [0.15, 0.2) is 48.5 Å². The lowest BCUT2D eigenvalue weighted by Crippen LogP contribution is -2.37. The van der Waals surface area contributed by atoms with Crippen LogP contribution in [0.2, 0.25) is 19.6 Å². The number of benzene rings is 2. The highest BCUT2D eigenvalue weighted by molar-refractivity contribution is 6.88. The summed E-state index contributed by atoms with van der Waals surface area (Å²) in [5, 5.41) is 1.39. The molecule has 0 aromatic heterocycles. The Morgan fingerprint density at radius 2 is 1.60 bits per heavy atom. The number of carbonyl (C=O) groups is 1. The first-order chi connectivity index (χ1) is 9.41. The molecule has 0 fully saturated rings. The first-order valence-electron chi connectivity index (χ1n) is 7.16. The van der Waals surface area contributed by atoms with Crippen LogP contribution in [-0.2, 0) is 6.42 Å². The standard InChI is InChI=1S/C18H22OSi/c1-5-14-7-6-8-16(13-14)18(19)15-9-11-17(12-10-15)20(2,3)4/h6-13H,5H2,1-4H3. The van der Waals surface area contributed by atoms with E-state index in [1.54, 1.807) is 0 Å². The molecule has 2 heteroatoms. The van der Waals surface area contributed by atoms with Crippen LogP contribution >= 0.6 is 0 Å². The number of aryl methyl sites for hydroxylation is 1. The van der Waals surface area contributed by atoms with Crippen LogP contribution in [0.3, 0.4) is 0 Å². The van der Waals surface area contributed by atoms with Crippen molar-refractivity contribution in [1.82, 2.24) is 0 Å². The van der Waals surface area contributed by atoms with Gasteiger partial charge in [0.1, 0.15) is 0 Å². The lowest BCUT2D eigenvalue weighted by atomic mass is 10.0. The van der Waals surface area contributed by atoms with Crippen LogP contribution in [0.25, 0.3) is 0 Å². The average molecular weight is 282 g/mol. The van der Waals surface area contributed by atoms with Crippen LogP contribution in [0, 0.1) is 0 Å². The van der Waals surface area contributed by atoms with Crippen molar-refractivity contribution in [2.75, 3.05) is 0 Å². The zero-order valence-electron chi connectivity index (χ0n) is 12.7. The zero-order chi connectivity index (χ0) is 14.8. The molecule has 0 atom stereocenters. The Hall–Kier alpha value is -1.67. The second-order valence-corrected chi connectivity index (χ2v) is 11.3. The summed E-state index contributed by atoms with van der Waals surface area (Å²) >= 11 is 0. The highest BCUT2D eigenvalue weighted by atomic mass is 28.3. The van der Waals surface area contributed by atoms with Crippen molar-refractivity contribution < 1.29 is 4.79 Å². The van der Waals surface area contributed by atoms with Gasteiger partial charge in [-0.1, -0.05) is 74.2 Å². The first-order valence-corrected chi connectivity index (χ1v) is 10.7. The molecule has 0 bridgehead atoms. The molecule has 104 valence electrons. The van der Waals surface area contributed by atoms with Crippen LogP contribution in [0.5, 0.6) is 0 Å². The molecular formula is C18H22OSi. The predicted molar refractivity (Wildman–Crippen MR) is 88.7 cm³/mol. The molecular weight excluding hydrogens is 260 g/mol. The van der Waals surface area contributed by atoms with Crippen molar-refractivity contribution in [3.63, 3.8) is 0 Å². The molecule has 0 aliphatic rings. The van der Waals surface area contributed by atoms with Crippen LogP contribution < -0.4 is 5.19 Å². The van der Waals surface area contributed by atoms with Gasteiger partial charge in [0, 0.05) is 11.1 Å². The van der Waals surface area contributed by atoms with Crippen molar-refractivity contribution in [2.45, 2.75) is 33.0 Å². The monoisotopic (exact) mass is 282 g/mol. The number of hydrogen-bond donors (Lipinski definition) is 0. The fourth-order valence-electron chi connectivity index (χ4n) is 2.22. The van der Waals surface area contributed by atoms with E-state index in [2.05, 4.69) is 44.8 Å². The predicted octanol–water partition coefficient (Wildman–Crippen LogP) is 4.03. The molecule has 0 heterocycles. The van der Waals surface area contributed by atoms with Gasteiger partial charge in [0.05, 0.1) is 8.07 Å². The van der Waals surface area contributed by atoms with Gasteiger partial charge in [-0.25, -0.2) is 0 Å². The van der Waals surface area contributed by atoms with Gasteiger partial charge in [-0.3, -0.25) is 4.79 Å². The number of hydrogen-bond acceptors (Lipinski definition) is 1. The summed E-state index contributed by atoms with van der Waals surface area (Å²) in [6.45, 7) is 9.05. The third-order valence-electron chi connectivity index (χ3n) is 3.61. The topological polar surface area (TPSA) is 17.1 Å². The van der Waals surface area contributed by atoms with E-state index in [1.165, 1.54) is 10.8 Å². The first kappa shape index (κ1) is 14.7. The highest BCUT2D eigenvalue weighted by Gasteiger charge is 2.17. The van der Waals surface area contributed by atoms with Gasteiger partial charge in [0.25, 0.3) is 0 Å². The maximum Gasteiger partial charge on any atom is 0.193 e. The summed E-state index contributed by atoms with van der Waals surface area (Å²) in [5.74, 6) is 0.113. The van der Waals surface area contributed by atoms with Gasteiger partial charge in [-0.2, -0.15) is 0 Å². The second kappa shape index (κ2) is 5.76. The Bertz CT molecular complexity index is 606. The van der Waals surface area contributed by atoms with Gasteiger partial charge in [-0.05, 0) is 18.1 Å². The molecule has 0 N–H and O–H groups in total. The van der Waals surface area contributed by atoms with Gasteiger partial charge in [0.15, 0.2) is 5.78 Å². The normalized spacial score (nSPS) is 11.4. The summed E-state index contributed by atoms with van der Waals surface area (Å²) in [7, 11) is -1.30. The molecule has 0 amide bonds. The van der Waals surface area contributed by atoms with Gasteiger partial charge in [-0.15, -0.1) is 0 Å². The van der Waals surface area contributed by atoms with Crippen molar-refractivity contribution in [3.8, 4) is 0 Å². The maximum atomic E-state index is 12.5. The van der Waals surface area contributed by atoms with Crippen molar-refractivity contribution >= 4 is 19.0 Å². The van der Waals surface area contributed by atoms with Crippen molar-refractivity contribution in [3.05, 3.63) is 65.2 Å². The van der Waals surface area contributed by atoms with E-state index >= 15 is 0 Å². The molecule has 20 heavy (non-hydrogen) atoms. The largest absolute Gasteiger partial charge is 0.289 e. The zero-order valence-corrected chi connectivity index (χ0v) is 13.7. The molecule has 0 radical (unpaired) electrons. The minimum Gasteiger partial charge on any atom is -0.289 e. The van der Waals surface area contributed by atoms with E-state index in [1.807, 2.05) is 30.3 Å². The van der Waals surface area contributed by atoms with Crippen molar-refractivity contribution in [1.29, 1.82) is 0 Å². The summed E-state index contributed by atoms with van der Waals surface area (Å²) in [5.41, 5.74) is 2.76. The fraction of sp³-hybridized carbons (Fsp3) is 0.278.